The number of nitrogens with one attached hydrogen (secondary N) is 1. The minimum absolute atomic E-state index is 0.510. The average Bonchev–Trinajstić information content (AvgIpc) is 2.52. The van der Waals surface area contributed by atoms with Crippen LogP contribution in [0.25, 0.3) is 0 Å². The zero-order chi connectivity index (χ0) is 15.7. The molecule has 4 nitrogen and oxygen atoms in total. The van der Waals surface area contributed by atoms with Crippen molar-refractivity contribution in [1.82, 2.24) is 9.97 Å². The highest BCUT2D eigenvalue weighted by molar-refractivity contribution is 5.59. The third-order valence-corrected chi connectivity index (χ3v) is 3.97. The first-order valence-corrected chi connectivity index (χ1v) is 8.53. The van der Waals surface area contributed by atoms with Crippen molar-refractivity contribution in [3.05, 3.63) is 11.9 Å². The predicted octanol–water partition coefficient (Wildman–Crippen LogP) is 4.27. The molecule has 0 saturated heterocycles. The van der Waals surface area contributed by atoms with Crippen molar-refractivity contribution in [2.24, 2.45) is 0 Å². The third-order valence-electron chi connectivity index (χ3n) is 3.97. The summed E-state index contributed by atoms with van der Waals surface area (Å²) in [7, 11) is 0. The fourth-order valence-corrected chi connectivity index (χ4v) is 2.46. The summed E-state index contributed by atoms with van der Waals surface area (Å²) in [5, 5.41) is 3.44. The van der Waals surface area contributed by atoms with Crippen molar-refractivity contribution < 1.29 is 0 Å². The van der Waals surface area contributed by atoms with Gasteiger partial charge in [-0.15, -0.1) is 0 Å². The van der Waals surface area contributed by atoms with Gasteiger partial charge in [-0.3, -0.25) is 0 Å². The Balaban J connectivity index is 3.10. The molecule has 1 unspecified atom stereocenters. The monoisotopic (exact) mass is 292 g/mol. The number of aromatic nitrogens is 2. The molecule has 1 heterocycles. The molecule has 1 rings (SSSR count). The Hall–Kier alpha value is -1.32. The van der Waals surface area contributed by atoms with Gasteiger partial charge in [0.2, 0.25) is 0 Å². The van der Waals surface area contributed by atoms with Crippen LogP contribution in [0.3, 0.4) is 0 Å². The van der Waals surface area contributed by atoms with E-state index in [2.05, 4.69) is 54.8 Å². The average molecular weight is 292 g/mol. The van der Waals surface area contributed by atoms with E-state index < -0.39 is 0 Å². The molecule has 0 spiro atoms. The van der Waals surface area contributed by atoms with Crippen LogP contribution in [0.4, 0.5) is 11.6 Å². The topological polar surface area (TPSA) is 41.1 Å². The van der Waals surface area contributed by atoms with Gasteiger partial charge in [0.1, 0.15) is 18.0 Å². The van der Waals surface area contributed by atoms with Crippen LogP contribution >= 0.6 is 0 Å². The molecule has 0 saturated carbocycles. The standard InChI is InChI=1S/C17H32N4/c1-6-10-12-21(14(5)8-3)17-15(9-4)16(18-11-7-2)19-13-20-17/h13-14H,6-12H2,1-5H3,(H,18,19,20). The van der Waals surface area contributed by atoms with Gasteiger partial charge < -0.3 is 10.2 Å². The van der Waals surface area contributed by atoms with Gasteiger partial charge in [-0.25, -0.2) is 9.97 Å². The summed E-state index contributed by atoms with van der Waals surface area (Å²) in [4.78, 5) is 11.5. The number of anilines is 2. The van der Waals surface area contributed by atoms with E-state index in [1.54, 1.807) is 6.33 Å². The molecule has 1 N–H and O–H groups in total. The Kier molecular flexibility index (Phi) is 8.09. The highest BCUT2D eigenvalue weighted by Gasteiger charge is 2.19. The maximum absolute atomic E-state index is 4.62. The summed E-state index contributed by atoms with van der Waals surface area (Å²) >= 11 is 0. The molecule has 21 heavy (non-hydrogen) atoms. The van der Waals surface area contributed by atoms with Crippen molar-refractivity contribution in [2.75, 3.05) is 23.3 Å². The summed E-state index contributed by atoms with van der Waals surface area (Å²) in [5.41, 5.74) is 1.25. The smallest absolute Gasteiger partial charge is 0.137 e. The van der Waals surface area contributed by atoms with E-state index in [1.165, 1.54) is 18.4 Å². The SMILES string of the molecule is CCCCN(c1ncnc(NCCC)c1CC)C(C)CC. The number of hydrogen-bond donors (Lipinski definition) is 1. The lowest BCUT2D eigenvalue weighted by Gasteiger charge is -2.31. The molecule has 1 atom stereocenters. The van der Waals surface area contributed by atoms with Crippen molar-refractivity contribution in [1.29, 1.82) is 0 Å². The summed E-state index contributed by atoms with van der Waals surface area (Å²) in [6.45, 7) is 13.2. The lowest BCUT2D eigenvalue weighted by molar-refractivity contribution is 0.586. The Bertz CT molecular complexity index is 406. The van der Waals surface area contributed by atoms with Crippen LogP contribution in [0, 0.1) is 0 Å². The van der Waals surface area contributed by atoms with Crippen molar-refractivity contribution in [3.8, 4) is 0 Å². The summed E-state index contributed by atoms with van der Waals surface area (Å²) in [6, 6.07) is 0.510. The van der Waals surface area contributed by atoms with E-state index in [4.69, 9.17) is 0 Å². The van der Waals surface area contributed by atoms with Crippen molar-refractivity contribution >= 4 is 11.6 Å². The Morgan fingerprint density at radius 1 is 1.14 bits per heavy atom. The van der Waals surface area contributed by atoms with Crippen LogP contribution in [0.5, 0.6) is 0 Å². The molecule has 0 aliphatic heterocycles. The van der Waals surface area contributed by atoms with Gasteiger partial charge in [0.15, 0.2) is 0 Å². The minimum atomic E-state index is 0.510. The lowest BCUT2D eigenvalue weighted by Crippen LogP contribution is -2.35. The van der Waals surface area contributed by atoms with Gasteiger partial charge in [0.05, 0.1) is 0 Å². The minimum Gasteiger partial charge on any atom is -0.370 e. The second-order valence-electron chi connectivity index (χ2n) is 5.61. The third kappa shape index (κ3) is 4.87. The van der Waals surface area contributed by atoms with Crippen LogP contribution < -0.4 is 10.2 Å². The highest BCUT2D eigenvalue weighted by Crippen LogP contribution is 2.26. The number of nitrogens with zero attached hydrogens (tertiary/aromatic N) is 3. The first-order chi connectivity index (χ1) is 10.2. The molecule has 0 aliphatic rings. The molecule has 0 aliphatic carbocycles. The largest absolute Gasteiger partial charge is 0.370 e. The highest BCUT2D eigenvalue weighted by atomic mass is 15.2. The van der Waals surface area contributed by atoms with E-state index in [0.29, 0.717) is 6.04 Å². The molecule has 1 aromatic heterocycles. The van der Waals surface area contributed by atoms with Crippen LogP contribution in [-0.4, -0.2) is 29.1 Å². The fourth-order valence-electron chi connectivity index (χ4n) is 2.46. The van der Waals surface area contributed by atoms with Gasteiger partial charge >= 0.3 is 0 Å². The second-order valence-corrected chi connectivity index (χ2v) is 5.61. The van der Waals surface area contributed by atoms with E-state index in [1.807, 2.05) is 0 Å². The van der Waals surface area contributed by atoms with Gasteiger partial charge in [0.25, 0.3) is 0 Å². The first-order valence-electron chi connectivity index (χ1n) is 8.53. The molecule has 0 fully saturated rings. The number of hydrogen-bond acceptors (Lipinski definition) is 4. The lowest BCUT2D eigenvalue weighted by atomic mass is 10.1. The van der Waals surface area contributed by atoms with E-state index in [-0.39, 0.29) is 0 Å². The molecule has 4 heteroatoms. The van der Waals surface area contributed by atoms with Crippen molar-refractivity contribution in [3.63, 3.8) is 0 Å². The van der Waals surface area contributed by atoms with Crippen LogP contribution in [-0.2, 0) is 6.42 Å². The summed E-state index contributed by atoms with van der Waals surface area (Å²) in [5.74, 6) is 2.13. The Morgan fingerprint density at radius 2 is 1.90 bits per heavy atom. The maximum atomic E-state index is 4.62. The van der Waals surface area contributed by atoms with Crippen LogP contribution in [0.2, 0.25) is 0 Å². The molecule has 0 amide bonds. The normalized spacial score (nSPS) is 12.2. The van der Waals surface area contributed by atoms with Crippen LogP contribution in [0.15, 0.2) is 6.33 Å². The molecule has 0 aromatic carbocycles. The summed E-state index contributed by atoms with van der Waals surface area (Å²) < 4.78 is 0. The molecule has 0 bridgehead atoms. The number of rotatable bonds is 10. The molecule has 0 radical (unpaired) electrons. The number of unbranched alkanes of at least 4 members (excludes halogenated alkanes) is 1. The van der Waals surface area contributed by atoms with E-state index in [9.17, 15) is 0 Å². The van der Waals surface area contributed by atoms with E-state index in [0.717, 1.165) is 44.0 Å². The van der Waals surface area contributed by atoms with Crippen molar-refractivity contribution in [2.45, 2.75) is 72.8 Å². The summed E-state index contributed by atoms with van der Waals surface area (Å²) in [6.07, 6.45) is 7.31. The molecular weight excluding hydrogens is 260 g/mol. The Morgan fingerprint density at radius 3 is 2.48 bits per heavy atom. The molecule has 120 valence electrons. The fraction of sp³-hybridized carbons (Fsp3) is 0.765. The molecular formula is C17H32N4. The zero-order valence-corrected chi connectivity index (χ0v) is 14.4. The van der Waals surface area contributed by atoms with Crippen LogP contribution in [0.1, 0.15) is 65.9 Å². The maximum Gasteiger partial charge on any atom is 0.137 e. The van der Waals surface area contributed by atoms with Gasteiger partial charge in [0, 0.05) is 24.7 Å². The Labute approximate surface area is 130 Å². The zero-order valence-electron chi connectivity index (χ0n) is 14.4. The second kappa shape index (κ2) is 9.59. The van der Waals surface area contributed by atoms with E-state index >= 15 is 0 Å². The molecule has 1 aromatic rings. The predicted molar refractivity (Wildman–Crippen MR) is 92.2 cm³/mol. The first kappa shape index (κ1) is 17.7. The van der Waals surface area contributed by atoms with Gasteiger partial charge in [-0.1, -0.05) is 34.1 Å². The van der Waals surface area contributed by atoms with Gasteiger partial charge in [-0.05, 0) is 32.6 Å². The quantitative estimate of drug-likeness (QED) is 0.699. The van der Waals surface area contributed by atoms with Gasteiger partial charge in [-0.2, -0.15) is 0 Å².